The molecule has 1 aromatic carbocycles. The number of halogens is 1. The maximum absolute atomic E-state index is 14.5. The van der Waals surface area contributed by atoms with Crippen LogP contribution in [0.25, 0.3) is 0 Å². The van der Waals surface area contributed by atoms with Gasteiger partial charge in [-0.3, -0.25) is 4.79 Å². The second-order valence-corrected chi connectivity index (χ2v) is 9.67. The molecule has 10 heteroatoms. The number of anilines is 1. The van der Waals surface area contributed by atoms with Crippen molar-refractivity contribution in [2.45, 2.75) is 58.8 Å². The third kappa shape index (κ3) is 7.00. The maximum atomic E-state index is 14.5. The molecule has 0 spiro atoms. The first kappa shape index (κ1) is 28.4. The summed E-state index contributed by atoms with van der Waals surface area (Å²) in [5.41, 5.74) is 0.527. The lowest BCUT2D eigenvalue weighted by atomic mass is 9.96. The van der Waals surface area contributed by atoms with Gasteiger partial charge in [-0.2, -0.15) is 0 Å². The number of amidine groups is 1. The number of carboxylic acids is 1. The van der Waals surface area contributed by atoms with Gasteiger partial charge in [0.25, 0.3) is 0 Å². The molecule has 37 heavy (non-hydrogen) atoms. The van der Waals surface area contributed by atoms with Gasteiger partial charge in [0.15, 0.2) is 0 Å². The van der Waals surface area contributed by atoms with Crippen LogP contribution in [0.3, 0.4) is 0 Å². The fourth-order valence-corrected chi connectivity index (χ4v) is 5.16. The zero-order valence-corrected chi connectivity index (χ0v) is 22.4. The van der Waals surface area contributed by atoms with E-state index in [1.807, 2.05) is 30.6 Å². The summed E-state index contributed by atoms with van der Waals surface area (Å²) in [5.74, 6) is 0.614. The van der Waals surface area contributed by atoms with Crippen LogP contribution in [0.2, 0.25) is 0 Å². The van der Waals surface area contributed by atoms with Crippen LogP contribution < -0.4 is 9.64 Å². The molecule has 0 aliphatic carbocycles. The summed E-state index contributed by atoms with van der Waals surface area (Å²) in [6, 6.07) is 4.60. The molecule has 9 nitrogen and oxygen atoms in total. The van der Waals surface area contributed by atoms with Crippen LogP contribution in [0.5, 0.6) is 5.75 Å². The number of likely N-dealkylation sites (tertiary alicyclic amines) is 1. The van der Waals surface area contributed by atoms with Crippen molar-refractivity contribution in [3.05, 3.63) is 36.1 Å². The molecule has 1 aromatic rings. The molecule has 2 saturated heterocycles. The van der Waals surface area contributed by atoms with E-state index < -0.39 is 5.97 Å². The first-order chi connectivity index (χ1) is 17.7. The van der Waals surface area contributed by atoms with Crippen molar-refractivity contribution in [2.24, 2.45) is 21.8 Å². The van der Waals surface area contributed by atoms with Gasteiger partial charge in [0.2, 0.25) is 5.88 Å². The summed E-state index contributed by atoms with van der Waals surface area (Å²) >= 11 is 0. The molecule has 2 heterocycles. The Bertz CT molecular complexity index is 1020. The topological polar surface area (TPSA) is 96.2 Å². The molecular weight excluding hydrogens is 479 g/mol. The average molecular weight is 519 g/mol. The quantitative estimate of drug-likeness (QED) is 0.282. The number of nitrogens with zero attached hydrogens (tertiary/aromatic N) is 4. The molecule has 2 aliphatic rings. The Hall–Kier alpha value is -3.14. The van der Waals surface area contributed by atoms with Crippen LogP contribution in [-0.4, -0.2) is 80.1 Å². The van der Waals surface area contributed by atoms with Crippen LogP contribution in [-0.2, 0) is 14.3 Å². The summed E-state index contributed by atoms with van der Waals surface area (Å²) in [6.45, 7) is 13.7. The molecule has 0 unspecified atom stereocenters. The summed E-state index contributed by atoms with van der Waals surface area (Å²) in [7, 11) is 1.64. The standard InChI is InChI=1S/C27H39FN4O5/c1-7-36-20-8-9-21(28)23(12-20)31-11-10-24(17(2)15-31)37-26(29-5)14-30-19(4)32-16-25(35-6)18(3)22(32)13-27(33)34/h8-9,12,14,17-18,22,24-25H,5,7,10-11,13,15-16H2,1-4,6H3,(H,33,34)/b26-14+,30-19?/t17-,18+,22+,24-,25+/m1/s1. The highest BCUT2D eigenvalue weighted by Gasteiger charge is 2.40. The van der Waals surface area contributed by atoms with E-state index >= 15 is 0 Å². The van der Waals surface area contributed by atoms with E-state index in [9.17, 15) is 14.3 Å². The van der Waals surface area contributed by atoms with Crippen molar-refractivity contribution in [2.75, 3.05) is 38.3 Å². The van der Waals surface area contributed by atoms with Crippen LogP contribution in [0.15, 0.2) is 40.3 Å². The first-order valence-corrected chi connectivity index (χ1v) is 12.7. The number of aliphatic imine (C=N–C) groups is 2. The smallest absolute Gasteiger partial charge is 0.305 e. The summed E-state index contributed by atoms with van der Waals surface area (Å²) in [4.78, 5) is 23.9. The Balaban J connectivity index is 1.67. The van der Waals surface area contributed by atoms with Gasteiger partial charge in [-0.1, -0.05) is 13.8 Å². The Labute approximate surface area is 218 Å². The summed E-state index contributed by atoms with van der Waals surface area (Å²) in [6.07, 6.45) is 2.00. The fourth-order valence-electron chi connectivity index (χ4n) is 5.16. The number of aliphatic carboxylic acids is 1. The third-order valence-corrected chi connectivity index (χ3v) is 7.26. The first-order valence-electron chi connectivity index (χ1n) is 12.7. The minimum absolute atomic E-state index is 0.00479. The monoisotopic (exact) mass is 518 g/mol. The Morgan fingerprint density at radius 2 is 2.05 bits per heavy atom. The van der Waals surface area contributed by atoms with Crippen molar-refractivity contribution < 1.29 is 28.5 Å². The zero-order valence-electron chi connectivity index (χ0n) is 22.4. The number of methoxy groups -OCH3 is 1. The number of hydrogen-bond donors (Lipinski definition) is 1. The molecule has 2 aliphatic heterocycles. The molecule has 3 rings (SSSR count). The number of carbonyl (C=O) groups is 1. The van der Waals surface area contributed by atoms with Crippen LogP contribution >= 0.6 is 0 Å². The Morgan fingerprint density at radius 3 is 2.68 bits per heavy atom. The third-order valence-electron chi connectivity index (χ3n) is 7.26. The van der Waals surface area contributed by atoms with Gasteiger partial charge in [0.05, 0.1) is 31.0 Å². The highest BCUT2D eigenvalue weighted by molar-refractivity contribution is 5.82. The minimum Gasteiger partial charge on any atom is -0.494 e. The lowest BCUT2D eigenvalue weighted by Gasteiger charge is -2.38. The minimum atomic E-state index is -0.858. The largest absolute Gasteiger partial charge is 0.494 e. The predicted octanol–water partition coefficient (Wildman–Crippen LogP) is 4.18. The number of ether oxygens (including phenoxy) is 3. The van der Waals surface area contributed by atoms with Gasteiger partial charge >= 0.3 is 5.97 Å². The highest BCUT2D eigenvalue weighted by atomic mass is 19.1. The van der Waals surface area contributed by atoms with Crippen molar-refractivity contribution in [1.82, 2.24) is 4.90 Å². The van der Waals surface area contributed by atoms with Gasteiger partial charge < -0.3 is 29.1 Å². The number of piperidine rings is 1. The molecule has 0 bridgehead atoms. The SMILES string of the molecule is C=N/C(=C\N=C(C)N1C[C@H](OC)[C@@H](C)[C@@H]1CC(=O)O)O[C@@H]1CCN(c2cc(OCC)ccc2F)C[C@H]1C. The van der Waals surface area contributed by atoms with E-state index in [1.165, 1.54) is 12.3 Å². The molecule has 204 valence electrons. The van der Waals surface area contributed by atoms with E-state index in [4.69, 9.17) is 14.2 Å². The Kier molecular flexibility index (Phi) is 9.91. The van der Waals surface area contributed by atoms with Crippen molar-refractivity contribution in [1.29, 1.82) is 0 Å². The normalized spacial score (nSPS) is 26.8. The molecule has 5 atom stereocenters. The van der Waals surface area contributed by atoms with Crippen molar-refractivity contribution in [3.63, 3.8) is 0 Å². The van der Waals surface area contributed by atoms with Crippen LogP contribution in [0.1, 0.15) is 40.5 Å². The van der Waals surface area contributed by atoms with Crippen LogP contribution in [0, 0.1) is 17.7 Å². The summed E-state index contributed by atoms with van der Waals surface area (Å²) < 4.78 is 31.8. The van der Waals surface area contributed by atoms with Gasteiger partial charge in [-0.05, 0) is 32.7 Å². The van der Waals surface area contributed by atoms with Gasteiger partial charge in [-0.15, -0.1) is 0 Å². The van der Waals surface area contributed by atoms with E-state index in [0.29, 0.717) is 55.8 Å². The molecule has 0 aromatic heterocycles. The number of carboxylic acid groups (broad SMARTS) is 1. The second kappa shape index (κ2) is 12.9. The average Bonchev–Trinajstić information content (AvgIpc) is 3.18. The van der Waals surface area contributed by atoms with E-state index in [0.717, 1.165) is 0 Å². The Morgan fingerprint density at radius 1 is 1.30 bits per heavy atom. The molecule has 0 saturated carbocycles. The maximum Gasteiger partial charge on any atom is 0.305 e. The van der Waals surface area contributed by atoms with Gasteiger partial charge in [-0.25, -0.2) is 14.4 Å². The fraction of sp³-hybridized carbons (Fsp3) is 0.593. The van der Waals surface area contributed by atoms with Crippen LogP contribution in [0.4, 0.5) is 10.1 Å². The molecule has 0 radical (unpaired) electrons. The predicted molar refractivity (Wildman–Crippen MR) is 142 cm³/mol. The lowest BCUT2D eigenvalue weighted by molar-refractivity contribution is -0.138. The van der Waals surface area contributed by atoms with Crippen molar-refractivity contribution in [3.8, 4) is 5.75 Å². The van der Waals surface area contributed by atoms with E-state index in [1.54, 1.807) is 19.2 Å². The van der Waals surface area contributed by atoms with E-state index in [-0.39, 0.29) is 42.3 Å². The highest BCUT2D eigenvalue weighted by Crippen LogP contribution is 2.32. The number of rotatable bonds is 10. The second-order valence-electron chi connectivity index (χ2n) is 9.67. The summed E-state index contributed by atoms with van der Waals surface area (Å²) in [5, 5.41) is 9.36. The molecule has 2 fully saturated rings. The lowest BCUT2D eigenvalue weighted by Crippen LogP contribution is -2.43. The molecule has 0 amide bonds. The van der Waals surface area contributed by atoms with E-state index in [2.05, 4.69) is 23.6 Å². The molecular formula is C27H39FN4O5. The van der Waals surface area contributed by atoms with Crippen molar-refractivity contribution >= 4 is 24.2 Å². The van der Waals surface area contributed by atoms with Gasteiger partial charge in [0.1, 0.15) is 23.5 Å². The number of benzene rings is 1. The van der Waals surface area contributed by atoms with Gasteiger partial charge in [0, 0.05) is 57.1 Å². The zero-order chi connectivity index (χ0) is 27.1. The number of hydrogen-bond acceptors (Lipinski definition) is 7. The molecule has 1 N–H and O–H groups in total.